The van der Waals surface area contributed by atoms with Crippen LogP contribution in [0.25, 0.3) is 0 Å². The van der Waals surface area contributed by atoms with Crippen LogP contribution >= 0.6 is 0 Å². The van der Waals surface area contributed by atoms with E-state index >= 15 is 0 Å². The molecule has 1 amide bonds. The summed E-state index contributed by atoms with van der Waals surface area (Å²) in [6.07, 6.45) is 1.58. The molecule has 0 aliphatic carbocycles. The van der Waals surface area contributed by atoms with Gasteiger partial charge in [-0.2, -0.15) is 0 Å². The lowest BCUT2D eigenvalue weighted by molar-refractivity contribution is 0.0950. The first-order valence-electron chi connectivity index (χ1n) is 6.64. The predicted molar refractivity (Wildman–Crippen MR) is 82.7 cm³/mol. The van der Waals surface area contributed by atoms with E-state index < -0.39 is 0 Å². The van der Waals surface area contributed by atoms with E-state index in [4.69, 9.17) is 4.74 Å². The second-order valence-corrected chi connectivity index (χ2v) is 4.83. The lowest BCUT2D eigenvalue weighted by Gasteiger charge is -2.11. The van der Waals surface area contributed by atoms with Crippen molar-refractivity contribution in [1.29, 1.82) is 0 Å². The van der Waals surface area contributed by atoms with E-state index in [-0.39, 0.29) is 5.91 Å². The first kappa shape index (κ1) is 14.8. The third-order valence-corrected chi connectivity index (χ3v) is 3.08. The largest absolute Gasteiger partial charge is 0.497 e. The molecule has 0 bridgehead atoms. The maximum Gasteiger partial charge on any atom is 0.253 e. The summed E-state index contributed by atoms with van der Waals surface area (Å²) in [6, 6.07) is 11.2. The number of carbonyl (C=O) groups excluding carboxylic acids is 1. The average Bonchev–Trinajstić information content (AvgIpc) is 2.53. The molecule has 0 aliphatic rings. The minimum absolute atomic E-state index is 0.136. The van der Waals surface area contributed by atoms with Crippen LogP contribution in [-0.4, -0.2) is 32.1 Å². The van der Waals surface area contributed by atoms with Crippen LogP contribution in [0.2, 0.25) is 0 Å². The molecule has 2 rings (SSSR count). The summed E-state index contributed by atoms with van der Waals surface area (Å²) < 4.78 is 5.09. The molecule has 2 aromatic rings. The minimum atomic E-state index is -0.136. The topological polar surface area (TPSA) is 54.5 Å². The van der Waals surface area contributed by atoms with Crippen molar-refractivity contribution in [3.8, 4) is 5.75 Å². The van der Waals surface area contributed by atoms with E-state index in [9.17, 15) is 4.79 Å². The third kappa shape index (κ3) is 3.95. The molecule has 0 saturated heterocycles. The highest BCUT2D eigenvalue weighted by Crippen LogP contribution is 2.11. The van der Waals surface area contributed by atoms with Gasteiger partial charge in [0.25, 0.3) is 5.91 Å². The molecule has 21 heavy (non-hydrogen) atoms. The normalized spacial score (nSPS) is 10.0. The summed E-state index contributed by atoms with van der Waals surface area (Å²) in [4.78, 5) is 18.1. The third-order valence-electron chi connectivity index (χ3n) is 3.08. The molecular weight excluding hydrogens is 266 g/mol. The van der Waals surface area contributed by atoms with E-state index in [0.717, 1.165) is 17.1 Å². The van der Waals surface area contributed by atoms with Gasteiger partial charge in [-0.25, -0.2) is 4.98 Å². The fourth-order valence-corrected chi connectivity index (χ4v) is 1.81. The molecule has 0 spiro atoms. The van der Waals surface area contributed by atoms with Crippen molar-refractivity contribution < 1.29 is 9.53 Å². The zero-order chi connectivity index (χ0) is 15.2. The standard InChI is InChI=1S/C16H19N3O2/c1-19(2)15-9-6-13(11-17-15)16(20)18-10-12-4-7-14(21-3)8-5-12/h4-9,11H,10H2,1-3H3,(H,18,20). The first-order valence-corrected chi connectivity index (χ1v) is 6.64. The van der Waals surface area contributed by atoms with Gasteiger partial charge in [0, 0.05) is 26.8 Å². The molecule has 1 N–H and O–H groups in total. The highest BCUT2D eigenvalue weighted by Gasteiger charge is 2.06. The number of methoxy groups -OCH3 is 1. The Kier molecular flexibility index (Phi) is 4.77. The zero-order valence-electron chi connectivity index (χ0n) is 12.5. The van der Waals surface area contributed by atoms with Crippen molar-refractivity contribution in [2.24, 2.45) is 0 Å². The molecule has 0 fully saturated rings. The van der Waals surface area contributed by atoms with Gasteiger partial charge >= 0.3 is 0 Å². The van der Waals surface area contributed by atoms with Gasteiger partial charge in [-0.3, -0.25) is 4.79 Å². The van der Waals surface area contributed by atoms with E-state index in [1.807, 2.05) is 49.3 Å². The smallest absolute Gasteiger partial charge is 0.253 e. The Labute approximate surface area is 124 Å². The molecule has 0 unspecified atom stereocenters. The number of nitrogens with zero attached hydrogens (tertiary/aromatic N) is 2. The number of hydrogen-bond donors (Lipinski definition) is 1. The Hall–Kier alpha value is -2.56. The van der Waals surface area contributed by atoms with E-state index in [0.29, 0.717) is 12.1 Å². The van der Waals surface area contributed by atoms with Gasteiger partial charge in [0.1, 0.15) is 11.6 Å². The monoisotopic (exact) mass is 285 g/mol. The summed E-state index contributed by atoms with van der Waals surface area (Å²) in [5.74, 6) is 1.49. The van der Waals surface area contributed by atoms with Crippen molar-refractivity contribution in [2.45, 2.75) is 6.54 Å². The highest BCUT2D eigenvalue weighted by atomic mass is 16.5. The van der Waals surface area contributed by atoms with Gasteiger partial charge in [0.15, 0.2) is 0 Å². The fourth-order valence-electron chi connectivity index (χ4n) is 1.81. The Balaban J connectivity index is 1.94. The molecule has 5 heteroatoms. The summed E-state index contributed by atoms with van der Waals surface area (Å²) in [5, 5.41) is 2.87. The number of hydrogen-bond acceptors (Lipinski definition) is 4. The highest BCUT2D eigenvalue weighted by molar-refractivity contribution is 5.94. The fraction of sp³-hybridized carbons (Fsp3) is 0.250. The van der Waals surface area contributed by atoms with E-state index in [2.05, 4.69) is 10.3 Å². The van der Waals surface area contributed by atoms with Crippen LogP contribution < -0.4 is 15.0 Å². The summed E-state index contributed by atoms with van der Waals surface area (Å²) in [6.45, 7) is 0.470. The molecule has 0 radical (unpaired) electrons. The van der Waals surface area contributed by atoms with Gasteiger partial charge in [-0.05, 0) is 29.8 Å². The maximum absolute atomic E-state index is 12.0. The van der Waals surface area contributed by atoms with E-state index in [1.165, 1.54) is 0 Å². The molecule has 0 saturated carbocycles. The lowest BCUT2D eigenvalue weighted by atomic mass is 10.2. The van der Waals surface area contributed by atoms with Crippen molar-refractivity contribution >= 4 is 11.7 Å². The summed E-state index contributed by atoms with van der Waals surface area (Å²) in [5.41, 5.74) is 1.57. The van der Waals surface area contributed by atoms with Crippen LogP contribution in [0.1, 0.15) is 15.9 Å². The Bertz CT molecular complexity index is 592. The Morgan fingerprint density at radius 3 is 2.43 bits per heavy atom. The van der Waals surface area contributed by atoms with Crippen LogP contribution in [0.15, 0.2) is 42.6 Å². The van der Waals surface area contributed by atoms with Crippen LogP contribution in [0, 0.1) is 0 Å². The van der Waals surface area contributed by atoms with Crippen molar-refractivity contribution in [3.05, 3.63) is 53.7 Å². The maximum atomic E-state index is 12.0. The second-order valence-electron chi connectivity index (χ2n) is 4.83. The Morgan fingerprint density at radius 1 is 1.19 bits per heavy atom. The van der Waals surface area contributed by atoms with Crippen molar-refractivity contribution in [1.82, 2.24) is 10.3 Å². The van der Waals surface area contributed by atoms with E-state index in [1.54, 1.807) is 19.4 Å². The number of ether oxygens (including phenoxy) is 1. The summed E-state index contributed by atoms with van der Waals surface area (Å²) in [7, 11) is 5.44. The molecule has 1 aromatic heterocycles. The number of benzene rings is 1. The van der Waals surface area contributed by atoms with Crippen LogP contribution in [0.4, 0.5) is 5.82 Å². The molecule has 1 aromatic carbocycles. The van der Waals surface area contributed by atoms with Gasteiger partial charge in [-0.1, -0.05) is 12.1 Å². The molecule has 0 aliphatic heterocycles. The summed E-state index contributed by atoms with van der Waals surface area (Å²) >= 11 is 0. The predicted octanol–water partition coefficient (Wildman–Crippen LogP) is 2.09. The average molecular weight is 285 g/mol. The Morgan fingerprint density at radius 2 is 1.90 bits per heavy atom. The number of anilines is 1. The van der Waals surface area contributed by atoms with Crippen LogP contribution in [-0.2, 0) is 6.54 Å². The molecule has 5 nitrogen and oxygen atoms in total. The number of pyridine rings is 1. The van der Waals surface area contributed by atoms with Gasteiger partial charge in [0.2, 0.25) is 0 Å². The molecule has 1 heterocycles. The van der Waals surface area contributed by atoms with Crippen molar-refractivity contribution in [3.63, 3.8) is 0 Å². The van der Waals surface area contributed by atoms with Crippen LogP contribution in [0.5, 0.6) is 5.75 Å². The number of rotatable bonds is 5. The lowest BCUT2D eigenvalue weighted by Crippen LogP contribution is -2.23. The van der Waals surface area contributed by atoms with Crippen molar-refractivity contribution in [2.75, 3.05) is 26.1 Å². The first-order chi connectivity index (χ1) is 10.1. The van der Waals surface area contributed by atoms with Gasteiger partial charge < -0.3 is 15.0 Å². The molecular formula is C16H19N3O2. The second kappa shape index (κ2) is 6.74. The number of carbonyl (C=O) groups is 1. The molecule has 0 atom stereocenters. The number of aromatic nitrogens is 1. The zero-order valence-corrected chi connectivity index (χ0v) is 12.5. The van der Waals surface area contributed by atoms with Gasteiger partial charge in [0.05, 0.1) is 12.7 Å². The molecule has 110 valence electrons. The number of amides is 1. The number of nitrogens with one attached hydrogen (secondary N) is 1. The van der Waals surface area contributed by atoms with Gasteiger partial charge in [-0.15, -0.1) is 0 Å². The quantitative estimate of drug-likeness (QED) is 0.914. The SMILES string of the molecule is COc1ccc(CNC(=O)c2ccc(N(C)C)nc2)cc1. The van der Waals surface area contributed by atoms with Crippen LogP contribution in [0.3, 0.4) is 0 Å². The minimum Gasteiger partial charge on any atom is -0.497 e.